The van der Waals surface area contributed by atoms with Crippen molar-refractivity contribution in [1.82, 2.24) is 0 Å². The zero-order valence-electron chi connectivity index (χ0n) is 17.4. The standard InChI is InChI=1S/C27H31NO/c1-21(2)26-20-25(18-19-28(26)24-16-10-5-11-17-24)29-27(22-12-6-3-7-13-22)23-14-8-4-9-15-23/h3-17,21,25-27H,18-20H2,1-2H3/t25-,26+/m1/s1. The Kier molecular flexibility index (Phi) is 6.31. The van der Waals surface area contributed by atoms with Crippen LogP contribution in [0, 0.1) is 5.92 Å². The van der Waals surface area contributed by atoms with E-state index in [1.165, 1.54) is 16.8 Å². The zero-order valence-corrected chi connectivity index (χ0v) is 17.4. The second kappa shape index (κ2) is 9.28. The average molecular weight is 386 g/mol. The van der Waals surface area contributed by atoms with Crippen molar-refractivity contribution in [2.24, 2.45) is 5.92 Å². The molecule has 1 heterocycles. The highest BCUT2D eigenvalue weighted by Crippen LogP contribution is 2.34. The lowest BCUT2D eigenvalue weighted by molar-refractivity contribution is -0.0152. The Morgan fingerprint density at radius 2 is 1.28 bits per heavy atom. The van der Waals surface area contributed by atoms with Crippen LogP contribution in [0.4, 0.5) is 5.69 Å². The van der Waals surface area contributed by atoms with Gasteiger partial charge in [-0.15, -0.1) is 0 Å². The van der Waals surface area contributed by atoms with Crippen LogP contribution in [0.3, 0.4) is 0 Å². The van der Waals surface area contributed by atoms with E-state index >= 15 is 0 Å². The van der Waals surface area contributed by atoms with Crippen molar-refractivity contribution < 1.29 is 4.74 Å². The summed E-state index contributed by atoms with van der Waals surface area (Å²) in [6.07, 6.45) is 2.35. The molecule has 3 aromatic carbocycles. The Morgan fingerprint density at radius 1 is 0.759 bits per heavy atom. The highest BCUT2D eigenvalue weighted by Gasteiger charge is 2.33. The number of hydrogen-bond acceptors (Lipinski definition) is 2. The first-order valence-electron chi connectivity index (χ1n) is 10.8. The maximum atomic E-state index is 6.80. The van der Waals surface area contributed by atoms with Crippen LogP contribution in [-0.4, -0.2) is 18.7 Å². The maximum Gasteiger partial charge on any atom is 0.108 e. The molecule has 0 unspecified atom stereocenters. The summed E-state index contributed by atoms with van der Waals surface area (Å²) in [5, 5.41) is 0. The Labute approximate surface area is 175 Å². The first-order valence-corrected chi connectivity index (χ1v) is 10.8. The van der Waals surface area contributed by atoms with E-state index in [1.54, 1.807) is 0 Å². The number of benzene rings is 3. The number of rotatable bonds is 6. The fraction of sp³-hybridized carbons (Fsp3) is 0.333. The van der Waals surface area contributed by atoms with E-state index in [-0.39, 0.29) is 12.2 Å². The summed E-state index contributed by atoms with van der Waals surface area (Å²) in [5.41, 5.74) is 3.78. The third-order valence-electron chi connectivity index (χ3n) is 5.99. The van der Waals surface area contributed by atoms with Crippen LogP contribution in [0.2, 0.25) is 0 Å². The van der Waals surface area contributed by atoms with Crippen LogP contribution in [0.5, 0.6) is 0 Å². The lowest BCUT2D eigenvalue weighted by Crippen LogP contribution is -2.48. The average Bonchev–Trinajstić information content (AvgIpc) is 2.79. The number of ether oxygens (including phenoxy) is 1. The number of nitrogens with zero attached hydrogens (tertiary/aromatic N) is 1. The van der Waals surface area contributed by atoms with E-state index in [1.807, 2.05) is 0 Å². The van der Waals surface area contributed by atoms with Gasteiger partial charge < -0.3 is 9.64 Å². The molecule has 0 radical (unpaired) electrons. The number of piperidine rings is 1. The van der Waals surface area contributed by atoms with Crippen LogP contribution in [-0.2, 0) is 4.74 Å². The van der Waals surface area contributed by atoms with Crippen molar-refractivity contribution in [1.29, 1.82) is 0 Å². The minimum Gasteiger partial charge on any atom is -0.368 e. The van der Waals surface area contributed by atoms with Gasteiger partial charge in [0.1, 0.15) is 6.10 Å². The molecular weight excluding hydrogens is 354 g/mol. The van der Waals surface area contributed by atoms with Gasteiger partial charge in [0.15, 0.2) is 0 Å². The van der Waals surface area contributed by atoms with E-state index in [9.17, 15) is 0 Å². The molecule has 2 nitrogen and oxygen atoms in total. The Hall–Kier alpha value is -2.58. The van der Waals surface area contributed by atoms with Gasteiger partial charge in [-0.1, -0.05) is 92.7 Å². The fourth-order valence-electron chi connectivity index (χ4n) is 4.46. The SMILES string of the molecule is CC(C)[C@@H]1C[C@H](OC(c2ccccc2)c2ccccc2)CCN1c1ccccc1. The summed E-state index contributed by atoms with van der Waals surface area (Å²) >= 11 is 0. The van der Waals surface area contributed by atoms with Crippen LogP contribution in [0.25, 0.3) is 0 Å². The van der Waals surface area contributed by atoms with E-state index in [2.05, 4.69) is 110 Å². The number of anilines is 1. The van der Waals surface area contributed by atoms with Crippen molar-refractivity contribution in [3.05, 3.63) is 102 Å². The molecule has 2 atom stereocenters. The largest absolute Gasteiger partial charge is 0.368 e. The summed E-state index contributed by atoms with van der Waals surface area (Å²) in [7, 11) is 0. The normalized spacial score (nSPS) is 19.7. The predicted molar refractivity (Wildman–Crippen MR) is 121 cm³/mol. The summed E-state index contributed by atoms with van der Waals surface area (Å²) in [6, 6.07) is 32.6. The summed E-state index contributed by atoms with van der Waals surface area (Å²) < 4.78 is 6.80. The van der Waals surface area contributed by atoms with Crippen LogP contribution >= 0.6 is 0 Å². The van der Waals surface area contributed by atoms with Crippen LogP contribution < -0.4 is 4.90 Å². The van der Waals surface area contributed by atoms with Gasteiger partial charge >= 0.3 is 0 Å². The minimum absolute atomic E-state index is 0.0153. The topological polar surface area (TPSA) is 12.5 Å². The van der Waals surface area contributed by atoms with Gasteiger partial charge in [-0.05, 0) is 42.0 Å². The van der Waals surface area contributed by atoms with Gasteiger partial charge in [0, 0.05) is 18.3 Å². The summed E-state index contributed by atoms with van der Waals surface area (Å²) in [4.78, 5) is 2.57. The van der Waals surface area contributed by atoms with E-state index in [0.29, 0.717) is 12.0 Å². The zero-order chi connectivity index (χ0) is 20.1. The van der Waals surface area contributed by atoms with Gasteiger partial charge in [0.2, 0.25) is 0 Å². The molecular formula is C27H31NO. The molecule has 29 heavy (non-hydrogen) atoms. The lowest BCUT2D eigenvalue weighted by Gasteiger charge is -2.44. The Morgan fingerprint density at radius 3 is 1.79 bits per heavy atom. The predicted octanol–water partition coefficient (Wildman–Crippen LogP) is 6.49. The number of para-hydroxylation sites is 1. The van der Waals surface area contributed by atoms with Crippen molar-refractivity contribution in [3.63, 3.8) is 0 Å². The Balaban J connectivity index is 1.55. The van der Waals surface area contributed by atoms with Gasteiger partial charge in [-0.25, -0.2) is 0 Å². The first-order chi connectivity index (χ1) is 14.2. The summed E-state index contributed by atoms with van der Waals surface area (Å²) in [5.74, 6) is 0.577. The summed E-state index contributed by atoms with van der Waals surface area (Å²) in [6.45, 7) is 5.69. The molecule has 1 aliphatic heterocycles. The molecule has 1 fully saturated rings. The smallest absolute Gasteiger partial charge is 0.108 e. The third-order valence-corrected chi connectivity index (χ3v) is 5.99. The number of hydrogen-bond donors (Lipinski definition) is 0. The van der Waals surface area contributed by atoms with E-state index in [4.69, 9.17) is 4.74 Å². The molecule has 0 spiro atoms. The monoisotopic (exact) mass is 385 g/mol. The molecule has 1 saturated heterocycles. The Bertz CT molecular complexity index is 823. The molecule has 0 bridgehead atoms. The van der Waals surface area contributed by atoms with Crippen LogP contribution in [0.15, 0.2) is 91.0 Å². The molecule has 0 N–H and O–H groups in total. The molecule has 2 heteroatoms. The van der Waals surface area contributed by atoms with Crippen molar-refractivity contribution >= 4 is 5.69 Å². The van der Waals surface area contributed by atoms with Crippen molar-refractivity contribution in [2.75, 3.05) is 11.4 Å². The second-order valence-electron chi connectivity index (χ2n) is 8.32. The highest BCUT2D eigenvalue weighted by atomic mass is 16.5. The van der Waals surface area contributed by atoms with Crippen LogP contribution in [0.1, 0.15) is 43.9 Å². The van der Waals surface area contributed by atoms with Crippen molar-refractivity contribution in [3.8, 4) is 0 Å². The van der Waals surface area contributed by atoms with E-state index < -0.39 is 0 Å². The third kappa shape index (κ3) is 4.71. The fourth-order valence-corrected chi connectivity index (χ4v) is 4.46. The van der Waals surface area contributed by atoms with E-state index in [0.717, 1.165) is 19.4 Å². The molecule has 0 amide bonds. The molecule has 0 aromatic heterocycles. The molecule has 150 valence electrons. The van der Waals surface area contributed by atoms with Gasteiger partial charge in [0.05, 0.1) is 6.10 Å². The van der Waals surface area contributed by atoms with Gasteiger partial charge in [0.25, 0.3) is 0 Å². The first kappa shape index (κ1) is 19.7. The molecule has 1 aliphatic rings. The van der Waals surface area contributed by atoms with Gasteiger partial charge in [-0.3, -0.25) is 0 Å². The molecule has 4 rings (SSSR count). The second-order valence-corrected chi connectivity index (χ2v) is 8.32. The quantitative estimate of drug-likeness (QED) is 0.481. The van der Waals surface area contributed by atoms with Gasteiger partial charge in [-0.2, -0.15) is 0 Å². The molecule has 0 saturated carbocycles. The highest BCUT2D eigenvalue weighted by molar-refractivity contribution is 5.47. The molecule has 3 aromatic rings. The van der Waals surface area contributed by atoms with Crippen molar-refractivity contribution in [2.45, 2.75) is 44.9 Å². The maximum absolute atomic E-state index is 6.80. The minimum atomic E-state index is -0.0153. The lowest BCUT2D eigenvalue weighted by atomic mass is 9.90. The molecule has 0 aliphatic carbocycles.